The van der Waals surface area contributed by atoms with E-state index in [1.165, 1.54) is 17.7 Å². The Labute approximate surface area is 187 Å². The van der Waals surface area contributed by atoms with Crippen LogP contribution in [0.3, 0.4) is 0 Å². The molecule has 2 atom stereocenters. The van der Waals surface area contributed by atoms with Crippen molar-refractivity contribution in [3.05, 3.63) is 107 Å². The average Bonchev–Trinajstić information content (AvgIpc) is 3.21. The van der Waals surface area contributed by atoms with Crippen LogP contribution in [0.1, 0.15) is 29.7 Å². The molecule has 1 heterocycles. The van der Waals surface area contributed by atoms with E-state index >= 15 is 0 Å². The van der Waals surface area contributed by atoms with Gasteiger partial charge in [0.05, 0.1) is 12.1 Å². The quantitative estimate of drug-likeness (QED) is 0.369. The predicted molar refractivity (Wildman–Crippen MR) is 125 cm³/mol. The summed E-state index contributed by atoms with van der Waals surface area (Å²) in [5, 5.41) is 15.5. The lowest BCUT2D eigenvalue weighted by molar-refractivity contribution is 0.112. The number of aryl methyl sites for hydroxylation is 1. The van der Waals surface area contributed by atoms with Crippen LogP contribution < -0.4 is 5.32 Å². The normalized spacial score (nSPS) is 13.4. The molecule has 2 N–H and O–H groups in total. The third kappa shape index (κ3) is 5.23. The van der Waals surface area contributed by atoms with E-state index in [9.17, 15) is 13.9 Å². The Balaban J connectivity index is 1.55. The number of halogens is 2. The summed E-state index contributed by atoms with van der Waals surface area (Å²) < 4.78 is 29.6. The fourth-order valence-corrected chi connectivity index (χ4v) is 4.24. The number of nitrogens with one attached hydrogen (secondary N) is 1. The fourth-order valence-electron chi connectivity index (χ4n) is 4.24. The van der Waals surface area contributed by atoms with Gasteiger partial charge in [0.15, 0.2) is 0 Å². The minimum absolute atomic E-state index is 0.307. The van der Waals surface area contributed by atoms with Crippen molar-refractivity contribution in [3.63, 3.8) is 0 Å². The summed E-state index contributed by atoms with van der Waals surface area (Å²) in [6.45, 7) is 3.11. The number of hydrogen-bond acceptors (Lipinski definition) is 2. The number of aliphatic hydroxyl groups is 1. The predicted octanol–water partition coefficient (Wildman–Crippen LogP) is 5.42. The Kier molecular flexibility index (Phi) is 6.98. The van der Waals surface area contributed by atoms with E-state index in [2.05, 4.69) is 30.4 Å². The van der Waals surface area contributed by atoms with Crippen LogP contribution >= 0.6 is 0 Å². The fraction of sp³-hybridized carbons (Fsp3) is 0.259. The summed E-state index contributed by atoms with van der Waals surface area (Å²) in [5.74, 6) is -1.22. The molecule has 0 unspecified atom stereocenters. The first-order chi connectivity index (χ1) is 15.5. The first kappa shape index (κ1) is 22.2. The molecule has 0 amide bonds. The second-order valence-electron chi connectivity index (χ2n) is 8.20. The molecule has 0 spiro atoms. The van der Waals surface area contributed by atoms with Gasteiger partial charge in [-0.15, -0.1) is 0 Å². The molecule has 32 heavy (non-hydrogen) atoms. The lowest BCUT2D eigenvalue weighted by atomic mass is 10.00. The largest absolute Gasteiger partial charge is 0.390 e. The molecule has 0 bridgehead atoms. The lowest BCUT2D eigenvalue weighted by Crippen LogP contribution is -2.35. The number of hydrogen-bond donors (Lipinski definition) is 2. The van der Waals surface area contributed by atoms with E-state index in [-0.39, 0.29) is 6.04 Å². The summed E-state index contributed by atoms with van der Waals surface area (Å²) in [7, 11) is 0. The summed E-state index contributed by atoms with van der Waals surface area (Å²) in [6, 6.07) is 21.4. The number of nitrogens with zero attached hydrogens (tertiary/aromatic N) is 1. The number of para-hydroxylation sites is 1. The molecule has 1 aromatic heterocycles. The van der Waals surface area contributed by atoms with E-state index in [1.54, 1.807) is 0 Å². The van der Waals surface area contributed by atoms with Gasteiger partial charge in [0.25, 0.3) is 0 Å². The van der Waals surface area contributed by atoms with Gasteiger partial charge in [-0.2, -0.15) is 0 Å². The van der Waals surface area contributed by atoms with Crippen molar-refractivity contribution in [1.29, 1.82) is 0 Å². The van der Waals surface area contributed by atoms with E-state index in [0.717, 1.165) is 29.0 Å². The summed E-state index contributed by atoms with van der Waals surface area (Å²) in [6.07, 6.45) is 2.45. The topological polar surface area (TPSA) is 37.2 Å². The smallest absolute Gasteiger partial charge is 0.126 e. The Hall–Kier alpha value is -3.02. The van der Waals surface area contributed by atoms with Crippen molar-refractivity contribution < 1.29 is 13.9 Å². The number of benzene rings is 3. The molecule has 0 fully saturated rings. The first-order valence-corrected chi connectivity index (χ1v) is 11.0. The Morgan fingerprint density at radius 2 is 1.62 bits per heavy atom. The monoisotopic (exact) mass is 434 g/mol. The minimum Gasteiger partial charge on any atom is -0.390 e. The number of fused-ring (bicyclic) bond motifs is 1. The van der Waals surface area contributed by atoms with Crippen molar-refractivity contribution in [2.75, 3.05) is 6.54 Å². The zero-order valence-corrected chi connectivity index (χ0v) is 18.1. The maximum atomic E-state index is 13.8. The highest BCUT2D eigenvalue weighted by molar-refractivity contribution is 5.80. The second kappa shape index (κ2) is 10.1. The highest BCUT2D eigenvalue weighted by atomic mass is 19.1. The standard InChI is InChI=1S/C27H28F2N2O/c1-2-19-6-5-7-20(12-19)17-30-18-27(32)26(15-21-13-23(28)16-24(29)14-21)31-11-10-22-8-3-4-9-25(22)31/h3-14,16,26-27,30,32H,2,15,17-18H2,1H3/t26-,27+/m0/s1. The van der Waals surface area contributed by atoms with Crippen LogP contribution in [-0.2, 0) is 19.4 Å². The number of aliphatic hydroxyl groups excluding tert-OH is 1. The molecular weight excluding hydrogens is 406 g/mol. The van der Waals surface area contributed by atoms with Crippen LogP contribution in [0.15, 0.2) is 79.0 Å². The van der Waals surface area contributed by atoms with Gasteiger partial charge < -0.3 is 15.0 Å². The van der Waals surface area contributed by atoms with E-state index in [4.69, 9.17) is 0 Å². The van der Waals surface area contributed by atoms with Crippen molar-refractivity contribution in [3.8, 4) is 0 Å². The molecule has 0 aliphatic carbocycles. The van der Waals surface area contributed by atoms with Gasteiger partial charge in [0.1, 0.15) is 11.6 Å². The summed E-state index contributed by atoms with van der Waals surface area (Å²) >= 11 is 0. The molecule has 5 heteroatoms. The van der Waals surface area contributed by atoms with Crippen molar-refractivity contribution in [1.82, 2.24) is 9.88 Å². The maximum absolute atomic E-state index is 13.8. The molecule has 4 rings (SSSR count). The molecule has 0 aliphatic heterocycles. The van der Waals surface area contributed by atoms with Crippen LogP contribution in [-0.4, -0.2) is 22.3 Å². The van der Waals surface area contributed by atoms with E-state index in [0.29, 0.717) is 25.1 Å². The molecular formula is C27H28F2N2O. The molecule has 0 radical (unpaired) electrons. The Morgan fingerprint density at radius 3 is 2.41 bits per heavy atom. The molecule has 3 aromatic carbocycles. The highest BCUT2D eigenvalue weighted by Gasteiger charge is 2.23. The van der Waals surface area contributed by atoms with Gasteiger partial charge in [-0.1, -0.05) is 49.4 Å². The van der Waals surface area contributed by atoms with Gasteiger partial charge in [0.2, 0.25) is 0 Å². The first-order valence-electron chi connectivity index (χ1n) is 11.0. The summed E-state index contributed by atoms with van der Waals surface area (Å²) in [5.41, 5.74) is 3.92. The molecule has 3 nitrogen and oxygen atoms in total. The third-order valence-corrected chi connectivity index (χ3v) is 5.88. The molecule has 0 saturated heterocycles. The lowest BCUT2D eigenvalue weighted by Gasteiger charge is -2.26. The SMILES string of the molecule is CCc1cccc(CNC[C@@H](O)[C@H](Cc2cc(F)cc(F)c2)n2ccc3ccccc32)c1. The van der Waals surface area contributed by atoms with Crippen LogP contribution in [0, 0.1) is 11.6 Å². The van der Waals surface area contributed by atoms with Crippen LogP contribution in [0.25, 0.3) is 10.9 Å². The average molecular weight is 435 g/mol. The van der Waals surface area contributed by atoms with Gasteiger partial charge in [-0.05, 0) is 59.2 Å². The molecule has 0 aliphatic rings. The van der Waals surface area contributed by atoms with Crippen molar-refractivity contribution >= 4 is 10.9 Å². The van der Waals surface area contributed by atoms with Gasteiger partial charge in [-0.3, -0.25) is 0 Å². The Bertz CT molecular complexity index is 1170. The maximum Gasteiger partial charge on any atom is 0.126 e. The van der Waals surface area contributed by atoms with Crippen molar-refractivity contribution in [2.24, 2.45) is 0 Å². The zero-order valence-electron chi connectivity index (χ0n) is 18.1. The summed E-state index contributed by atoms with van der Waals surface area (Å²) in [4.78, 5) is 0. The molecule has 0 saturated carbocycles. The van der Waals surface area contributed by atoms with Crippen molar-refractivity contribution in [2.45, 2.75) is 38.5 Å². The number of aromatic nitrogens is 1. The Morgan fingerprint density at radius 1 is 0.875 bits per heavy atom. The van der Waals surface area contributed by atoms with Gasteiger partial charge >= 0.3 is 0 Å². The zero-order chi connectivity index (χ0) is 22.5. The minimum atomic E-state index is -0.758. The van der Waals surface area contributed by atoms with Crippen LogP contribution in [0.4, 0.5) is 8.78 Å². The molecule has 166 valence electrons. The molecule has 4 aromatic rings. The van der Waals surface area contributed by atoms with E-state index in [1.807, 2.05) is 47.2 Å². The van der Waals surface area contributed by atoms with Gasteiger partial charge in [-0.25, -0.2) is 8.78 Å². The highest BCUT2D eigenvalue weighted by Crippen LogP contribution is 2.26. The third-order valence-electron chi connectivity index (χ3n) is 5.88. The van der Waals surface area contributed by atoms with Gasteiger partial charge in [0, 0.05) is 30.9 Å². The second-order valence-corrected chi connectivity index (χ2v) is 8.20. The van der Waals surface area contributed by atoms with E-state index < -0.39 is 17.7 Å². The number of rotatable bonds is 9. The van der Waals surface area contributed by atoms with Crippen LogP contribution in [0.2, 0.25) is 0 Å². The van der Waals surface area contributed by atoms with Crippen LogP contribution in [0.5, 0.6) is 0 Å².